The van der Waals surface area contributed by atoms with E-state index in [2.05, 4.69) is 10.9 Å². The average molecular weight is 227 g/mol. The maximum atomic E-state index is 13.5. The number of rotatable bonds is 3. The van der Waals surface area contributed by atoms with Gasteiger partial charge in [-0.1, -0.05) is 5.92 Å². The highest BCUT2D eigenvalue weighted by Crippen LogP contribution is 2.19. The number of aromatic nitrogens is 1. The third-order valence-electron chi connectivity index (χ3n) is 2.24. The molecule has 1 aromatic heterocycles. The number of terminal acetylenes is 1. The van der Waals surface area contributed by atoms with Gasteiger partial charge in [-0.15, -0.1) is 6.42 Å². The lowest BCUT2D eigenvalue weighted by molar-refractivity contribution is 0.290. The summed E-state index contributed by atoms with van der Waals surface area (Å²) in [6, 6.07) is 8.08. The Bertz CT molecular complexity index is 546. The van der Waals surface area contributed by atoms with E-state index in [0.717, 1.165) is 5.56 Å². The van der Waals surface area contributed by atoms with Gasteiger partial charge >= 0.3 is 0 Å². The summed E-state index contributed by atoms with van der Waals surface area (Å²) in [6.45, 7) is 0.300. The van der Waals surface area contributed by atoms with Crippen LogP contribution in [0.5, 0.6) is 5.75 Å². The van der Waals surface area contributed by atoms with Crippen molar-refractivity contribution in [1.82, 2.24) is 4.98 Å². The molecule has 0 aliphatic carbocycles. The third-order valence-corrected chi connectivity index (χ3v) is 2.24. The number of ether oxygens (including phenoxy) is 1. The molecule has 2 aromatic rings. The summed E-state index contributed by atoms with van der Waals surface area (Å²) in [5, 5.41) is 0. The lowest BCUT2D eigenvalue weighted by Crippen LogP contribution is -1.97. The van der Waals surface area contributed by atoms with E-state index >= 15 is 0 Å². The van der Waals surface area contributed by atoms with Crippen molar-refractivity contribution in [3.8, 4) is 18.1 Å². The molecule has 0 aliphatic heterocycles. The highest BCUT2D eigenvalue weighted by atomic mass is 19.1. The van der Waals surface area contributed by atoms with Gasteiger partial charge in [0, 0.05) is 18.0 Å². The van der Waals surface area contributed by atoms with Crippen molar-refractivity contribution in [3.05, 3.63) is 59.7 Å². The predicted molar refractivity (Wildman–Crippen MR) is 62.9 cm³/mol. The summed E-state index contributed by atoms with van der Waals surface area (Å²) in [6.07, 6.45) is 8.50. The second kappa shape index (κ2) is 5.13. The molecule has 0 atom stereocenters. The molecular formula is C14H10FNO. The molecule has 0 fully saturated rings. The summed E-state index contributed by atoms with van der Waals surface area (Å²) in [7, 11) is 0. The number of hydrogen-bond acceptors (Lipinski definition) is 2. The first-order chi connectivity index (χ1) is 8.29. The minimum Gasteiger partial charge on any atom is -0.486 e. The molecule has 17 heavy (non-hydrogen) atoms. The van der Waals surface area contributed by atoms with E-state index in [-0.39, 0.29) is 5.75 Å². The van der Waals surface area contributed by atoms with E-state index in [9.17, 15) is 4.39 Å². The van der Waals surface area contributed by atoms with Crippen LogP contribution >= 0.6 is 0 Å². The molecule has 0 radical (unpaired) electrons. The van der Waals surface area contributed by atoms with Crippen LogP contribution in [0.15, 0.2) is 42.7 Å². The van der Waals surface area contributed by atoms with Crippen LogP contribution in [-0.4, -0.2) is 4.98 Å². The fourth-order valence-corrected chi connectivity index (χ4v) is 1.35. The zero-order valence-corrected chi connectivity index (χ0v) is 9.06. The van der Waals surface area contributed by atoms with E-state index in [0.29, 0.717) is 12.2 Å². The van der Waals surface area contributed by atoms with Crippen LogP contribution < -0.4 is 4.74 Å². The number of halogens is 1. The number of nitrogens with zero attached hydrogens (tertiary/aromatic N) is 1. The Morgan fingerprint density at radius 3 is 2.65 bits per heavy atom. The molecular weight excluding hydrogens is 217 g/mol. The zero-order valence-electron chi connectivity index (χ0n) is 9.06. The fraction of sp³-hybridized carbons (Fsp3) is 0.0714. The maximum absolute atomic E-state index is 13.5. The summed E-state index contributed by atoms with van der Waals surface area (Å²) >= 11 is 0. The lowest BCUT2D eigenvalue weighted by atomic mass is 10.2. The van der Waals surface area contributed by atoms with Crippen molar-refractivity contribution in [2.45, 2.75) is 6.61 Å². The SMILES string of the molecule is C#Cc1ccc(OCc2ccncc2)c(F)c1. The Morgan fingerprint density at radius 2 is 2.00 bits per heavy atom. The molecule has 0 unspecified atom stereocenters. The van der Waals surface area contributed by atoms with Crippen LogP contribution in [-0.2, 0) is 6.61 Å². The summed E-state index contributed by atoms with van der Waals surface area (Å²) in [5.41, 5.74) is 1.43. The Labute approximate surface area is 99.1 Å². The second-order valence-corrected chi connectivity index (χ2v) is 3.43. The number of pyridine rings is 1. The molecule has 0 saturated heterocycles. The predicted octanol–water partition coefficient (Wildman–Crippen LogP) is 2.78. The van der Waals surface area contributed by atoms with Crippen LogP contribution in [0.25, 0.3) is 0 Å². The first-order valence-corrected chi connectivity index (χ1v) is 5.07. The maximum Gasteiger partial charge on any atom is 0.166 e. The van der Waals surface area contributed by atoms with Gasteiger partial charge in [0.05, 0.1) is 0 Å². The second-order valence-electron chi connectivity index (χ2n) is 3.43. The summed E-state index contributed by atoms with van der Waals surface area (Å²) in [5.74, 6) is 2.11. The smallest absolute Gasteiger partial charge is 0.166 e. The fourth-order valence-electron chi connectivity index (χ4n) is 1.35. The summed E-state index contributed by atoms with van der Waals surface area (Å²) < 4.78 is 18.9. The highest BCUT2D eigenvalue weighted by molar-refractivity contribution is 5.38. The Kier molecular flexibility index (Phi) is 3.37. The Hall–Kier alpha value is -2.34. The molecule has 0 N–H and O–H groups in total. The lowest BCUT2D eigenvalue weighted by Gasteiger charge is -2.07. The molecule has 0 amide bonds. The molecule has 0 bridgehead atoms. The number of hydrogen-bond donors (Lipinski definition) is 0. The first-order valence-electron chi connectivity index (χ1n) is 5.07. The molecule has 84 valence electrons. The Balaban J connectivity index is 2.08. The average Bonchev–Trinajstić information content (AvgIpc) is 2.38. The topological polar surface area (TPSA) is 22.1 Å². The van der Waals surface area contributed by atoms with Gasteiger partial charge in [-0.05, 0) is 35.9 Å². The molecule has 1 aromatic carbocycles. The third kappa shape index (κ3) is 2.82. The molecule has 2 nitrogen and oxygen atoms in total. The standard InChI is InChI=1S/C14H10FNO/c1-2-11-3-4-14(13(15)9-11)17-10-12-5-7-16-8-6-12/h1,3-9H,10H2. The minimum absolute atomic E-state index is 0.195. The van der Waals surface area contributed by atoms with Gasteiger partial charge in [-0.2, -0.15) is 0 Å². The van der Waals surface area contributed by atoms with Gasteiger partial charge in [0.25, 0.3) is 0 Å². The summed E-state index contributed by atoms with van der Waals surface area (Å²) in [4.78, 5) is 3.89. The van der Waals surface area contributed by atoms with E-state index < -0.39 is 5.82 Å². The molecule has 2 rings (SSSR count). The minimum atomic E-state index is -0.450. The molecule has 0 saturated carbocycles. The van der Waals surface area contributed by atoms with Crippen LogP contribution in [0.4, 0.5) is 4.39 Å². The van der Waals surface area contributed by atoms with Gasteiger partial charge in [-0.25, -0.2) is 4.39 Å². The van der Waals surface area contributed by atoms with Crippen LogP contribution in [0.1, 0.15) is 11.1 Å². The van der Waals surface area contributed by atoms with E-state index in [1.54, 1.807) is 18.5 Å². The van der Waals surface area contributed by atoms with Crippen molar-refractivity contribution in [3.63, 3.8) is 0 Å². The van der Waals surface area contributed by atoms with Crippen LogP contribution in [0.2, 0.25) is 0 Å². The largest absolute Gasteiger partial charge is 0.486 e. The van der Waals surface area contributed by atoms with Crippen molar-refractivity contribution in [2.24, 2.45) is 0 Å². The zero-order chi connectivity index (χ0) is 12.1. The van der Waals surface area contributed by atoms with E-state index in [1.807, 2.05) is 12.1 Å². The normalized spacial score (nSPS) is 9.65. The van der Waals surface area contributed by atoms with Crippen molar-refractivity contribution in [2.75, 3.05) is 0 Å². The molecule has 3 heteroatoms. The first kappa shape index (κ1) is 11.2. The van der Waals surface area contributed by atoms with E-state index in [4.69, 9.17) is 11.2 Å². The molecule has 1 heterocycles. The van der Waals surface area contributed by atoms with Crippen LogP contribution in [0, 0.1) is 18.2 Å². The van der Waals surface area contributed by atoms with Gasteiger partial charge < -0.3 is 4.74 Å². The van der Waals surface area contributed by atoms with Crippen molar-refractivity contribution >= 4 is 0 Å². The Morgan fingerprint density at radius 1 is 1.24 bits per heavy atom. The van der Waals surface area contributed by atoms with Crippen molar-refractivity contribution < 1.29 is 9.13 Å². The van der Waals surface area contributed by atoms with Crippen molar-refractivity contribution in [1.29, 1.82) is 0 Å². The molecule has 0 aliphatic rings. The monoisotopic (exact) mass is 227 g/mol. The number of benzene rings is 1. The highest BCUT2D eigenvalue weighted by Gasteiger charge is 2.04. The van der Waals surface area contributed by atoms with Gasteiger partial charge in [0.2, 0.25) is 0 Å². The van der Waals surface area contributed by atoms with E-state index in [1.165, 1.54) is 12.1 Å². The van der Waals surface area contributed by atoms with Gasteiger partial charge in [0.15, 0.2) is 11.6 Å². The van der Waals surface area contributed by atoms with Gasteiger partial charge in [0.1, 0.15) is 6.61 Å². The van der Waals surface area contributed by atoms with Crippen LogP contribution in [0.3, 0.4) is 0 Å². The molecule has 0 spiro atoms. The van der Waals surface area contributed by atoms with Gasteiger partial charge in [-0.3, -0.25) is 4.98 Å². The quantitative estimate of drug-likeness (QED) is 0.752.